The van der Waals surface area contributed by atoms with E-state index in [1.54, 1.807) is 6.07 Å². The van der Waals surface area contributed by atoms with E-state index >= 15 is 0 Å². The summed E-state index contributed by atoms with van der Waals surface area (Å²) in [5.41, 5.74) is 3.98. The lowest BCUT2D eigenvalue weighted by atomic mass is 9.77. The number of benzene rings is 3. The number of hydrogen-bond donors (Lipinski definition) is 0. The standard InChI is InChI=1S/C27H26ClF3/c1-17-2-9-20(10-3-17)21-11-6-18(7-12-21)4-5-19-8-13-23(24(29)14-19)22-15-25(30)27(28)26(31)16-22/h2-3,8-10,13-16,18,21H,4-7,11-12H2,1H3/t18-,21-. The van der Waals surface area contributed by atoms with Crippen molar-refractivity contribution in [3.8, 4) is 11.1 Å². The fourth-order valence-electron chi connectivity index (χ4n) is 4.65. The first kappa shape index (κ1) is 22.0. The van der Waals surface area contributed by atoms with Crippen molar-refractivity contribution in [2.24, 2.45) is 5.92 Å². The van der Waals surface area contributed by atoms with Gasteiger partial charge in [0, 0.05) is 5.56 Å². The van der Waals surface area contributed by atoms with Crippen molar-refractivity contribution in [2.75, 3.05) is 0 Å². The summed E-state index contributed by atoms with van der Waals surface area (Å²) in [7, 11) is 0. The molecule has 0 N–H and O–H groups in total. The van der Waals surface area contributed by atoms with Gasteiger partial charge in [0.1, 0.15) is 22.5 Å². The highest BCUT2D eigenvalue weighted by Gasteiger charge is 2.22. The normalized spacial score (nSPS) is 18.9. The van der Waals surface area contributed by atoms with Gasteiger partial charge in [-0.1, -0.05) is 53.6 Å². The minimum atomic E-state index is -0.888. The van der Waals surface area contributed by atoms with Crippen LogP contribution in [0.15, 0.2) is 54.6 Å². The molecule has 0 aliphatic heterocycles. The van der Waals surface area contributed by atoms with Crippen LogP contribution in [0.25, 0.3) is 11.1 Å². The molecule has 0 unspecified atom stereocenters. The van der Waals surface area contributed by atoms with Crippen molar-refractivity contribution in [1.29, 1.82) is 0 Å². The maximum absolute atomic E-state index is 14.7. The molecule has 1 aliphatic carbocycles. The van der Waals surface area contributed by atoms with Crippen LogP contribution in [0, 0.1) is 30.3 Å². The van der Waals surface area contributed by atoms with Crippen molar-refractivity contribution in [1.82, 2.24) is 0 Å². The zero-order valence-electron chi connectivity index (χ0n) is 17.6. The highest BCUT2D eigenvalue weighted by molar-refractivity contribution is 6.31. The van der Waals surface area contributed by atoms with Crippen molar-refractivity contribution < 1.29 is 13.2 Å². The van der Waals surface area contributed by atoms with Gasteiger partial charge in [0.05, 0.1) is 0 Å². The molecule has 0 aromatic heterocycles. The SMILES string of the molecule is Cc1ccc([C@H]2CC[C@H](CCc3ccc(-c4cc(F)c(Cl)c(F)c4)c(F)c3)CC2)cc1. The molecule has 4 heteroatoms. The van der Waals surface area contributed by atoms with E-state index in [-0.39, 0.29) is 11.1 Å². The largest absolute Gasteiger partial charge is 0.206 e. The second-order valence-corrected chi connectivity index (χ2v) is 9.11. The number of rotatable bonds is 5. The maximum atomic E-state index is 14.7. The molecule has 1 saturated carbocycles. The summed E-state index contributed by atoms with van der Waals surface area (Å²) < 4.78 is 42.1. The lowest BCUT2D eigenvalue weighted by molar-refractivity contribution is 0.310. The van der Waals surface area contributed by atoms with Gasteiger partial charge in [-0.25, -0.2) is 13.2 Å². The molecule has 0 heterocycles. The minimum Gasteiger partial charge on any atom is -0.206 e. The third kappa shape index (κ3) is 5.15. The van der Waals surface area contributed by atoms with Gasteiger partial charge >= 0.3 is 0 Å². The fourth-order valence-corrected chi connectivity index (χ4v) is 4.76. The van der Waals surface area contributed by atoms with Gasteiger partial charge < -0.3 is 0 Å². The number of aryl methyl sites for hydroxylation is 2. The summed E-state index contributed by atoms with van der Waals surface area (Å²) >= 11 is 5.52. The molecule has 1 aliphatic rings. The van der Waals surface area contributed by atoms with Crippen LogP contribution >= 0.6 is 11.6 Å². The summed E-state index contributed by atoms with van der Waals surface area (Å²) in [4.78, 5) is 0. The monoisotopic (exact) mass is 442 g/mol. The minimum absolute atomic E-state index is 0.151. The molecule has 0 bridgehead atoms. The first-order valence-electron chi connectivity index (χ1n) is 10.9. The predicted octanol–water partition coefficient (Wildman–Crippen LogP) is 8.64. The van der Waals surface area contributed by atoms with Crippen molar-refractivity contribution >= 4 is 11.6 Å². The second-order valence-electron chi connectivity index (χ2n) is 8.74. The van der Waals surface area contributed by atoms with Crippen LogP contribution in [-0.4, -0.2) is 0 Å². The summed E-state index contributed by atoms with van der Waals surface area (Å²) in [6, 6.07) is 15.9. The highest BCUT2D eigenvalue weighted by Crippen LogP contribution is 2.38. The van der Waals surface area contributed by atoms with E-state index in [1.165, 1.54) is 42.9 Å². The molecule has 4 rings (SSSR count). The summed E-state index contributed by atoms with van der Waals surface area (Å²) in [6.07, 6.45) is 6.64. The molecule has 162 valence electrons. The third-order valence-electron chi connectivity index (χ3n) is 6.57. The van der Waals surface area contributed by atoms with E-state index in [9.17, 15) is 13.2 Å². The van der Waals surface area contributed by atoms with Crippen LogP contribution in [0.3, 0.4) is 0 Å². The van der Waals surface area contributed by atoms with Crippen molar-refractivity contribution in [2.45, 2.75) is 51.4 Å². The van der Waals surface area contributed by atoms with Crippen LogP contribution < -0.4 is 0 Å². The van der Waals surface area contributed by atoms with E-state index < -0.39 is 22.5 Å². The van der Waals surface area contributed by atoms with Gasteiger partial charge in [0.25, 0.3) is 0 Å². The van der Waals surface area contributed by atoms with Gasteiger partial charge in [0.2, 0.25) is 0 Å². The molecule has 0 radical (unpaired) electrons. The maximum Gasteiger partial charge on any atom is 0.145 e. The first-order valence-corrected chi connectivity index (χ1v) is 11.3. The summed E-state index contributed by atoms with van der Waals surface area (Å²) in [6.45, 7) is 2.11. The van der Waals surface area contributed by atoms with Crippen LogP contribution in [0.2, 0.25) is 5.02 Å². The first-order chi connectivity index (χ1) is 14.9. The van der Waals surface area contributed by atoms with E-state index in [0.29, 0.717) is 11.8 Å². The molecule has 0 saturated heterocycles. The fraction of sp³-hybridized carbons (Fsp3) is 0.333. The van der Waals surface area contributed by atoms with Crippen molar-refractivity contribution in [3.63, 3.8) is 0 Å². The zero-order valence-corrected chi connectivity index (χ0v) is 18.4. The van der Waals surface area contributed by atoms with Crippen LogP contribution in [-0.2, 0) is 6.42 Å². The molecule has 3 aromatic carbocycles. The second kappa shape index (κ2) is 9.48. The van der Waals surface area contributed by atoms with Crippen molar-refractivity contribution in [3.05, 3.63) is 93.8 Å². The Balaban J connectivity index is 1.35. The predicted molar refractivity (Wildman–Crippen MR) is 121 cm³/mol. The average molecular weight is 443 g/mol. The van der Waals surface area contributed by atoms with Crippen LogP contribution in [0.1, 0.15) is 54.7 Å². The van der Waals surface area contributed by atoms with E-state index in [1.807, 2.05) is 6.07 Å². The smallest absolute Gasteiger partial charge is 0.145 e. The molecule has 0 atom stereocenters. The van der Waals surface area contributed by atoms with Gasteiger partial charge in [-0.3, -0.25) is 0 Å². The topological polar surface area (TPSA) is 0 Å². The van der Waals surface area contributed by atoms with Gasteiger partial charge in [-0.15, -0.1) is 0 Å². The summed E-state index contributed by atoms with van der Waals surface area (Å²) in [5.74, 6) is -0.942. The Morgan fingerprint density at radius 3 is 2.06 bits per heavy atom. The Bertz CT molecular complexity index is 1030. The highest BCUT2D eigenvalue weighted by atomic mass is 35.5. The molecule has 31 heavy (non-hydrogen) atoms. The lowest BCUT2D eigenvalue weighted by Crippen LogP contribution is -2.14. The average Bonchev–Trinajstić information content (AvgIpc) is 2.77. The van der Waals surface area contributed by atoms with Gasteiger partial charge in [-0.05, 0) is 92.2 Å². The molecule has 3 aromatic rings. The van der Waals surface area contributed by atoms with E-state index in [0.717, 1.165) is 30.5 Å². The molecular formula is C27H26ClF3. The van der Waals surface area contributed by atoms with Crippen LogP contribution in [0.5, 0.6) is 0 Å². The van der Waals surface area contributed by atoms with E-state index in [2.05, 4.69) is 31.2 Å². The lowest BCUT2D eigenvalue weighted by Gasteiger charge is -2.29. The Kier molecular flexibility index (Phi) is 6.71. The van der Waals surface area contributed by atoms with Crippen LogP contribution in [0.4, 0.5) is 13.2 Å². The quantitative estimate of drug-likeness (QED) is 0.347. The number of halogens is 4. The zero-order chi connectivity index (χ0) is 22.0. The molecular weight excluding hydrogens is 417 g/mol. The Morgan fingerprint density at radius 1 is 0.806 bits per heavy atom. The Labute approximate surface area is 187 Å². The Hall–Kier alpha value is -2.26. The molecule has 1 fully saturated rings. The molecule has 0 spiro atoms. The third-order valence-corrected chi connectivity index (χ3v) is 6.93. The van der Waals surface area contributed by atoms with E-state index in [4.69, 9.17) is 11.6 Å². The number of hydrogen-bond acceptors (Lipinski definition) is 0. The van der Waals surface area contributed by atoms with Gasteiger partial charge in [-0.2, -0.15) is 0 Å². The molecule has 0 amide bonds. The summed E-state index contributed by atoms with van der Waals surface area (Å²) in [5, 5.41) is -0.571. The molecule has 0 nitrogen and oxygen atoms in total. The Morgan fingerprint density at radius 2 is 1.45 bits per heavy atom. The van der Waals surface area contributed by atoms with Gasteiger partial charge in [0.15, 0.2) is 0 Å².